The lowest BCUT2D eigenvalue weighted by molar-refractivity contribution is 0.590. The van der Waals surface area contributed by atoms with Crippen molar-refractivity contribution in [1.82, 2.24) is 15.0 Å². The van der Waals surface area contributed by atoms with Crippen LogP contribution in [0.15, 0.2) is 97.2 Å². The van der Waals surface area contributed by atoms with E-state index in [0.717, 1.165) is 44.8 Å². The number of nitrogens with one attached hydrogen (secondary N) is 1. The molecular weight excluding hydrogens is 474 g/mol. The summed E-state index contributed by atoms with van der Waals surface area (Å²) >= 11 is 0. The number of pyridine rings is 2. The van der Waals surface area contributed by atoms with Crippen molar-refractivity contribution in [2.75, 3.05) is 0 Å². The normalized spacial score (nSPS) is 12.4. The monoisotopic (exact) mass is 509 g/mol. The molecule has 0 fully saturated rings. The second-order valence-electron chi connectivity index (χ2n) is 12.5. The zero-order valence-electron chi connectivity index (χ0n) is 23.6. The van der Waals surface area contributed by atoms with Crippen LogP contribution in [-0.4, -0.2) is 15.0 Å². The van der Waals surface area contributed by atoms with Gasteiger partial charge in [-0.05, 0) is 76.6 Å². The van der Waals surface area contributed by atoms with Crippen molar-refractivity contribution in [2.24, 2.45) is 0 Å². The summed E-state index contributed by atoms with van der Waals surface area (Å²) in [7, 11) is 0. The summed E-state index contributed by atoms with van der Waals surface area (Å²) in [6.45, 7) is 13.6. The van der Waals surface area contributed by atoms with E-state index in [4.69, 9.17) is 4.98 Å². The molecule has 0 aliphatic heterocycles. The number of hydrogen-bond donors (Lipinski definition) is 1. The van der Waals surface area contributed by atoms with Crippen molar-refractivity contribution in [3.8, 4) is 33.8 Å². The molecule has 0 aliphatic carbocycles. The van der Waals surface area contributed by atoms with Gasteiger partial charge in [0.2, 0.25) is 0 Å². The lowest BCUT2D eigenvalue weighted by atomic mass is 9.84. The summed E-state index contributed by atoms with van der Waals surface area (Å²) < 4.78 is 0. The first-order chi connectivity index (χ1) is 18.6. The number of nitrogens with zero attached hydrogens (tertiary/aromatic N) is 2. The molecule has 0 spiro atoms. The maximum Gasteiger partial charge on any atom is 0.0730 e. The van der Waals surface area contributed by atoms with Crippen LogP contribution in [0.5, 0.6) is 0 Å². The quantitative estimate of drug-likeness (QED) is 0.258. The first kappa shape index (κ1) is 25.1. The van der Waals surface area contributed by atoms with Gasteiger partial charge in [-0.25, -0.2) is 4.98 Å². The topological polar surface area (TPSA) is 41.6 Å². The van der Waals surface area contributed by atoms with Crippen LogP contribution in [0, 0.1) is 0 Å². The minimum absolute atomic E-state index is 0.00277. The number of fused-ring (bicyclic) bond motifs is 3. The highest BCUT2D eigenvalue weighted by molar-refractivity contribution is 6.12. The fraction of sp³-hybridized carbons (Fsp3) is 0.222. The molecule has 0 radical (unpaired) electrons. The molecule has 3 nitrogen and oxygen atoms in total. The van der Waals surface area contributed by atoms with Crippen molar-refractivity contribution < 1.29 is 0 Å². The summed E-state index contributed by atoms with van der Waals surface area (Å²) in [4.78, 5) is 13.5. The molecule has 39 heavy (non-hydrogen) atoms. The van der Waals surface area contributed by atoms with Gasteiger partial charge in [0.1, 0.15) is 0 Å². The molecule has 0 saturated carbocycles. The summed E-state index contributed by atoms with van der Waals surface area (Å²) in [6.07, 6.45) is 1.83. The van der Waals surface area contributed by atoms with Gasteiger partial charge in [-0.3, -0.25) is 4.98 Å². The second kappa shape index (κ2) is 9.20. The predicted octanol–water partition coefficient (Wildman–Crippen LogP) is 9.71. The molecule has 0 amide bonds. The van der Waals surface area contributed by atoms with Crippen molar-refractivity contribution in [3.63, 3.8) is 0 Å². The van der Waals surface area contributed by atoms with E-state index in [1.165, 1.54) is 21.9 Å². The Balaban J connectivity index is 1.54. The molecule has 1 N–H and O–H groups in total. The van der Waals surface area contributed by atoms with Crippen LogP contribution in [0.1, 0.15) is 52.7 Å². The van der Waals surface area contributed by atoms with E-state index >= 15 is 0 Å². The van der Waals surface area contributed by atoms with E-state index in [1.54, 1.807) is 0 Å². The molecule has 0 bridgehead atoms. The molecule has 0 unspecified atom stereocenters. The van der Waals surface area contributed by atoms with Gasteiger partial charge in [0.25, 0.3) is 0 Å². The Morgan fingerprint density at radius 2 is 1.23 bits per heavy atom. The van der Waals surface area contributed by atoms with Gasteiger partial charge < -0.3 is 4.98 Å². The molecule has 3 heterocycles. The molecule has 6 aromatic rings. The van der Waals surface area contributed by atoms with Gasteiger partial charge in [-0.1, -0.05) is 77.9 Å². The molecule has 0 aliphatic rings. The zero-order chi connectivity index (χ0) is 27.4. The third kappa shape index (κ3) is 4.74. The Labute approximate surface area is 231 Å². The first-order valence-electron chi connectivity index (χ1n) is 13.7. The van der Waals surface area contributed by atoms with Gasteiger partial charge >= 0.3 is 0 Å². The van der Waals surface area contributed by atoms with Crippen LogP contribution in [0.25, 0.3) is 55.6 Å². The first-order valence-corrected chi connectivity index (χ1v) is 13.7. The summed E-state index contributed by atoms with van der Waals surface area (Å²) in [5.41, 5.74) is 11.2. The maximum atomic E-state index is 5.21. The average Bonchev–Trinajstić information content (AvgIpc) is 3.30. The number of aromatic nitrogens is 3. The highest BCUT2D eigenvalue weighted by Gasteiger charge is 2.21. The Morgan fingerprint density at radius 1 is 0.564 bits per heavy atom. The highest BCUT2D eigenvalue weighted by Crippen LogP contribution is 2.39. The van der Waals surface area contributed by atoms with Gasteiger partial charge in [0, 0.05) is 39.2 Å². The lowest BCUT2D eigenvalue weighted by Gasteiger charge is -2.21. The van der Waals surface area contributed by atoms with E-state index in [9.17, 15) is 0 Å². The van der Waals surface area contributed by atoms with Crippen LogP contribution in [0.3, 0.4) is 0 Å². The van der Waals surface area contributed by atoms with Crippen LogP contribution >= 0.6 is 0 Å². The molecule has 194 valence electrons. The Bertz CT molecular complexity index is 1810. The average molecular weight is 510 g/mol. The van der Waals surface area contributed by atoms with Crippen molar-refractivity contribution >= 4 is 21.8 Å². The van der Waals surface area contributed by atoms with Crippen LogP contribution in [0.4, 0.5) is 0 Å². The summed E-state index contributed by atoms with van der Waals surface area (Å²) in [5, 5.41) is 2.52. The highest BCUT2D eigenvalue weighted by atomic mass is 14.7. The van der Waals surface area contributed by atoms with E-state index < -0.39 is 0 Å². The summed E-state index contributed by atoms with van der Waals surface area (Å²) in [6, 6.07) is 32.3. The Hall–Kier alpha value is -4.24. The maximum absolute atomic E-state index is 5.21. The Morgan fingerprint density at radius 3 is 1.95 bits per heavy atom. The standard InChI is InChI=1S/C36H35N3/c1-35(2,3)25-16-17-33-27(20-25)28-21-26(36(4,5)6)22-29(34(28)39-33)32-15-10-14-31(38-32)24-12-9-11-23(19-24)30-13-7-8-18-37-30/h7-22,39H,1-6H3. The largest absolute Gasteiger partial charge is 0.354 e. The van der Waals surface area contributed by atoms with E-state index in [2.05, 4.69) is 124 Å². The third-order valence-electron chi connectivity index (χ3n) is 7.58. The van der Waals surface area contributed by atoms with Gasteiger partial charge in [-0.2, -0.15) is 0 Å². The Kier molecular flexibility index (Phi) is 5.91. The zero-order valence-corrected chi connectivity index (χ0v) is 23.6. The number of aromatic amines is 1. The van der Waals surface area contributed by atoms with Crippen molar-refractivity contribution in [3.05, 3.63) is 108 Å². The summed E-state index contributed by atoms with van der Waals surface area (Å²) in [5.74, 6) is 0. The molecular formula is C36H35N3. The molecule has 0 atom stereocenters. The molecule has 0 saturated heterocycles. The van der Waals surface area contributed by atoms with Crippen LogP contribution in [-0.2, 0) is 10.8 Å². The fourth-order valence-corrected chi connectivity index (χ4v) is 5.22. The van der Waals surface area contributed by atoms with Gasteiger partial charge in [0.05, 0.1) is 22.6 Å². The van der Waals surface area contributed by atoms with Crippen molar-refractivity contribution in [2.45, 2.75) is 52.4 Å². The SMILES string of the molecule is CC(C)(C)c1ccc2[nH]c3c(-c4cccc(-c5cccc(-c6ccccn6)c5)n4)cc(C(C)(C)C)cc3c2c1. The van der Waals surface area contributed by atoms with E-state index in [-0.39, 0.29) is 10.8 Å². The predicted molar refractivity (Wildman–Crippen MR) is 165 cm³/mol. The lowest BCUT2D eigenvalue weighted by Crippen LogP contribution is -2.11. The van der Waals surface area contributed by atoms with Crippen LogP contribution in [0.2, 0.25) is 0 Å². The van der Waals surface area contributed by atoms with Crippen molar-refractivity contribution in [1.29, 1.82) is 0 Å². The van der Waals surface area contributed by atoms with Crippen LogP contribution < -0.4 is 0 Å². The van der Waals surface area contributed by atoms with Gasteiger partial charge in [0.15, 0.2) is 0 Å². The number of hydrogen-bond acceptors (Lipinski definition) is 2. The van der Waals surface area contributed by atoms with E-state index in [1.807, 2.05) is 24.4 Å². The molecule has 6 rings (SSSR count). The molecule has 3 heteroatoms. The van der Waals surface area contributed by atoms with Gasteiger partial charge in [-0.15, -0.1) is 0 Å². The minimum atomic E-state index is 0.00277. The molecule has 3 aromatic carbocycles. The minimum Gasteiger partial charge on any atom is -0.354 e. The fourth-order valence-electron chi connectivity index (χ4n) is 5.22. The number of rotatable bonds is 3. The second-order valence-corrected chi connectivity index (χ2v) is 12.5. The molecule has 3 aromatic heterocycles. The number of benzene rings is 3. The third-order valence-corrected chi connectivity index (χ3v) is 7.58. The number of H-pyrrole nitrogens is 1. The smallest absolute Gasteiger partial charge is 0.0730 e. The van der Waals surface area contributed by atoms with E-state index in [0.29, 0.717) is 0 Å².